The van der Waals surface area contributed by atoms with Crippen molar-refractivity contribution < 1.29 is 14.3 Å². The molecule has 1 heterocycles. The maximum Gasteiger partial charge on any atom is 0.266 e. The molecular weight excluding hydrogens is 450 g/mol. The number of hydrogen-bond donors (Lipinski definition) is 0. The van der Waals surface area contributed by atoms with E-state index in [1.54, 1.807) is 7.11 Å². The zero-order valence-electron chi connectivity index (χ0n) is 17.3. The smallest absolute Gasteiger partial charge is 0.266 e. The first-order valence-electron chi connectivity index (χ1n) is 10.4. The number of thiocarbonyl (C=S) groups is 1. The fraction of sp³-hybridized carbons (Fsp3) is 0.333. The van der Waals surface area contributed by atoms with Gasteiger partial charge in [-0.05, 0) is 42.7 Å². The minimum atomic E-state index is 0.0138. The fourth-order valence-corrected chi connectivity index (χ4v) is 5.54. The van der Waals surface area contributed by atoms with Gasteiger partial charge >= 0.3 is 0 Å². The van der Waals surface area contributed by atoms with Gasteiger partial charge in [-0.1, -0.05) is 79.1 Å². The van der Waals surface area contributed by atoms with Gasteiger partial charge in [0.25, 0.3) is 5.91 Å². The van der Waals surface area contributed by atoms with E-state index in [-0.39, 0.29) is 11.9 Å². The third-order valence-corrected chi connectivity index (χ3v) is 7.29. The van der Waals surface area contributed by atoms with Crippen molar-refractivity contribution in [3.8, 4) is 11.5 Å². The summed E-state index contributed by atoms with van der Waals surface area (Å²) in [5.41, 5.74) is 1.77. The summed E-state index contributed by atoms with van der Waals surface area (Å²) in [6, 6.07) is 13.5. The maximum absolute atomic E-state index is 13.0. The zero-order valence-corrected chi connectivity index (χ0v) is 19.7. The predicted octanol–water partition coefficient (Wildman–Crippen LogP) is 6.46. The monoisotopic (exact) mass is 473 g/mol. The molecular formula is C24H24ClNO3S2. The SMILES string of the molecule is COc1cc(/C=C2/SC(=S)N(C3CCCCC3)C2=O)ccc1OCc1ccccc1Cl. The predicted molar refractivity (Wildman–Crippen MR) is 131 cm³/mol. The second kappa shape index (κ2) is 10.1. The summed E-state index contributed by atoms with van der Waals surface area (Å²) in [5, 5.41) is 0.665. The van der Waals surface area contributed by atoms with Crippen molar-refractivity contribution in [3.05, 3.63) is 63.5 Å². The van der Waals surface area contributed by atoms with Gasteiger partial charge in [-0.3, -0.25) is 9.69 Å². The van der Waals surface area contributed by atoms with Gasteiger partial charge in [-0.2, -0.15) is 0 Å². The first kappa shape index (κ1) is 22.2. The summed E-state index contributed by atoms with van der Waals surface area (Å²) >= 11 is 13.1. The second-order valence-electron chi connectivity index (χ2n) is 7.63. The van der Waals surface area contributed by atoms with Crippen LogP contribution in [0.4, 0.5) is 0 Å². The van der Waals surface area contributed by atoms with Gasteiger partial charge in [0.15, 0.2) is 11.5 Å². The maximum atomic E-state index is 13.0. The number of benzene rings is 2. The molecule has 1 saturated heterocycles. The molecule has 4 rings (SSSR count). The molecule has 2 aliphatic rings. The molecule has 0 N–H and O–H groups in total. The normalized spacial score (nSPS) is 18.6. The Morgan fingerprint density at radius 2 is 1.94 bits per heavy atom. The average molecular weight is 474 g/mol. The van der Waals surface area contributed by atoms with Gasteiger partial charge in [-0.25, -0.2) is 0 Å². The van der Waals surface area contributed by atoms with Crippen LogP contribution in [0.15, 0.2) is 47.4 Å². The van der Waals surface area contributed by atoms with Crippen LogP contribution in [0.3, 0.4) is 0 Å². The minimum Gasteiger partial charge on any atom is -0.493 e. The number of carbonyl (C=O) groups is 1. The van der Waals surface area contributed by atoms with Crippen molar-refractivity contribution in [1.29, 1.82) is 0 Å². The van der Waals surface area contributed by atoms with E-state index >= 15 is 0 Å². The highest BCUT2D eigenvalue weighted by Crippen LogP contribution is 2.38. The summed E-state index contributed by atoms with van der Waals surface area (Å²) in [6.45, 7) is 0.343. The van der Waals surface area contributed by atoms with Crippen LogP contribution < -0.4 is 9.47 Å². The third-order valence-electron chi connectivity index (χ3n) is 5.59. The highest BCUT2D eigenvalue weighted by molar-refractivity contribution is 8.26. The molecule has 2 aromatic rings. The number of ether oxygens (including phenoxy) is 2. The molecule has 7 heteroatoms. The molecule has 0 spiro atoms. The summed E-state index contributed by atoms with van der Waals surface area (Å²) in [5.74, 6) is 1.23. The Hall–Kier alpha value is -2.02. The first-order chi connectivity index (χ1) is 15.1. The molecule has 1 amide bonds. The number of rotatable bonds is 6. The lowest BCUT2D eigenvalue weighted by atomic mass is 9.94. The van der Waals surface area contributed by atoms with Crippen LogP contribution in [0.5, 0.6) is 11.5 Å². The molecule has 0 radical (unpaired) electrons. The van der Waals surface area contributed by atoms with Gasteiger partial charge < -0.3 is 9.47 Å². The van der Waals surface area contributed by atoms with Crippen molar-refractivity contribution >= 4 is 51.9 Å². The van der Waals surface area contributed by atoms with Gasteiger partial charge in [0.05, 0.1) is 12.0 Å². The van der Waals surface area contributed by atoms with E-state index in [0.717, 1.165) is 36.8 Å². The largest absolute Gasteiger partial charge is 0.493 e. The number of thioether (sulfide) groups is 1. The van der Waals surface area contributed by atoms with Crippen LogP contribution in [-0.2, 0) is 11.4 Å². The highest BCUT2D eigenvalue weighted by atomic mass is 35.5. The highest BCUT2D eigenvalue weighted by Gasteiger charge is 2.37. The minimum absolute atomic E-state index is 0.0138. The summed E-state index contributed by atoms with van der Waals surface area (Å²) in [6.07, 6.45) is 7.51. The van der Waals surface area contributed by atoms with Gasteiger partial charge in [0.2, 0.25) is 0 Å². The lowest BCUT2D eigenvalue weighted by Crippen LogP contribution is -2.39. The van der Waals surface area contributed by atoms with Crippen molar-refractivity contribution in [1.82, 2.24) is 4.90 Å². The van der Waals surface area contributed by atoms with Crippen molar-refractivity contribution in [3.63, 3.8) is 0 Å². The molecule has 0 aromatic heterocycles. The van der Waals surface area contributed by atoms with Crippen LogP contribution in [0.2, 0.25) is 5.02 Å². The molecule has 2 fully saturated rings. The van der Waals surface area contributed by atoms with E-state index in [4.69, 9.17) is 33.3 Å². The second-order valence-corrected chi connectivity index (χ2v) is 9.72. The molecule has 2 aromatic carbocycles. The molecule has 4 nitrogen and oxygen atoms in total. The molecule has 1 saturated carbocycles. The van der Waals surface area contributed by atoms with Crippen LogP contribution in [-0.4, -0.2) is 28.3 Å². The molecule has 162 valence electrons. The van der Waals surface area contributed by atoms with E-state index in [9.17, 15) is 4.79 Å². The van der Waals surface area contributed by atoms with E-state index in [1.165, 1.54) is 18.2 Å². The summed E-state index contributed by atoms with van der Waals surface area (Å²) in [7, 11) is 1.60. The average Bonchev–Trinajstić information content (AvgIpc) is 3.07. The molecule has 1 aliphatic heterocycles. The standard InChI is InChI=1S/C24H24ClNO3S2/c1-28-21-13-16(11-12-20(21)29-15-17-7-5-6-10-19(17)25)14-22-23(27)26(24(30)31-22)18-8-3-2-4-9-18/h5-7,10-14,18H,2-4,8-9,15H2,1H3/b22-14+. The third kappa shape index (κ3) is 5.08. The lowest BCUT2D eigenvalue weighted by molar-refractivity contribution is -0.124. The Morgan fingerprint density at radius 3 is 2.68 bits per heavy atom. The number of amides is 1. The van der Waals surface area contributed by atoms with Crippen LogP contribution in [0, 0.1) is 0 Å². The number of hydrogen-bond acceptors (Lipinski definition) is 5. The Kier molecular flexibility index (Phi) is 7.20. The van der Waals surface area contributed by atoms with Gasteiger partial charge in [0, 0.05) is 16.6 Å². The topological polar surface area (TPSA) is 38.8 Å². The Labute approximate surface area is 197 Å². The molecule has 0 atom stereocenters. The Balaban J connectivity index is 1.49. The van der Waals surface area contributed by atoms with Crippen molar-refractivity contribution in [2.75, 3.05) is 7.11 Å². The molecule has 0 unspecified atom stereocenters. The van der Waals surface area contributed by atoms with E-state index in [2.05, 4.69) is 0 Å². The van der Waals surface area contributed by atoms with E-state index in [0.29, 0.717) is 32.4 Å². The number of nitrogens with zero attached hydrogens (tertiary/aromatic N) is 1. The fourth-order valence-electron chi connectivity index (χ4n) is 3.95. The summed E-state index contributed by atoms with van der Waals surface area (Å²) in [4.78, 5) is 15.5. The molecule has 1 aliphatic carbocycles. The van der Waals surface area contributed by atoms with Crippen LogP contribution >= 0.6 is 35.6 Å². The van der Waals surface area contributed by atoms with Crippen LogP contribution in [0.25, 0.3) is 6.08 Å². The summed E-state index contributed by atoms with van der Waals surface area (Å²) < 4.78 is 12.1. The van der Waals surface area contributed by atoms with Crippen LogP contribution in [0.1, 0.15) is 43.2 Å². The number of methoxy groups -OCH3 is 1. The first-order valence-corrected chi connectivity index (χ1v) is 12.0. The Bertz CT molecular complexity index is 1020. The number of carbonyl (C=O) groups excluding carboxylic acids is 1. The molecule has 0 bridgehead atoms. The quantitative estimate of drug-likeness (QED) is 0.355. The molecule has 31 heavy (non-hydrogen) atoms. The van der Waals surface area contributed by atoms with Gasteiger partial charge in [0.1, 0.15) is 10.9 Å². The lowest BCUT2D eigenvalue weighted by Gasteiger charge is -2.29. The zero-order chi connectivity index (χ0) is 21.8. The van der Waals surface area contributed by atoms with E-state index < -0.39 is 0 Å². The Morgan fingerprint density at radius 1 is 1.16 bits per heavy atom. The number of halogens is 1. The van der Waals surface area contributed by atoms with E-state index in [1.807, 2.05) is 53.4 Å². The van der Waals surface area contributed by atoms with Crippen molar-refractivity contribution in [2.24, 2.45) is 0 Å². The van der Waals surface area contributed by atoms with Gasteiger partial charge in [-0.15, -0.1) is 0 Å². The van der Waals surface area contributed by atoms with Crippen molar-refractivity contribution in [2.45, 2.75) is 44.8 Å².